The molecule has 0 heterocycles. The molecule has 390 valence electrons. The van der Waals surface area contributed by atoms with Crippen LogP contribution in [0.15, 0.2) is 0 Å². The second kappa shape index (κ2) is 5.39. The lowest BCUT2D eigenvalue weighted by molar-refractivity contribution is -0.987. The van der Waals surface area contributed by atoms with Crippen molar-refractivity contribution in [2.24, 2.45) is 450 Å². The summed E-state index contributed by atoms with van der Waals surface area (Å²) >= 11 is 0. The van der Waals surface area contributed by atoms with Crippen molar-refractivity contribution in [3.8, 4) is 0 Å². The van der Waals surface area contributed by atoms with Crippen LogP contribution >= 0.6 is 0 Å². The van der Waals surface area contributed by atoms with Gasteiger partial charge in [0.25, 0.3) is 0 Å². The lowest BCUT2D eigenvalue weighted by Crippen LogP contribution is -3.42. The van der Waals surface area contributed by atoms with E-state index in [0.29, 0.717) is 0 Å². The number of hydrogen-bond acceptors (Lipinski definition) is 0. The smallest absolute Gasteiger partial charge is 0.00591 e. The van der Waals surface area contributed by atoms with Crippen molar-refractivity contribution in [2.75, 3.05) is 0 Å². The summed E-state index contributed by atoms with van der Waals surface area (Å²) in [5.74, 6) is 75.1. The van der Waals surface area contributed by atoms with Gasteiger partial charge >= 0.3 is 0 Å². The third-order valence-electron chi connectivity index (χ3n) is 65.3. The van der Waals surface area contributed by atoms with Crippen molar-refractivity contribution in [3.63, 3.8) is 0 Å². The van der Waals surface area contributed by atoms with Crippen LogP contribution in [-0.4, -0.2) is 0 Å². The number of rotatable bonds is 0. The molecule has 0 aromatic heterocycles. The Bertz CT molecular complexity index is 5130. The van der Waals surface area contributed by atoms with Crippen molar-refractivity contribution in [3.05, 3.63) is 0 Å². The van der Waals surface area contributed by atoms with E-state index in [1.807, 2.05) is 25.7 Å². The largest absolute Gasteiger partial charge is 0.0467 e. The Balaban J connectivity index is 0.643. The predicted octanol–water partition coefficient (Wildman–Crippen LogP) is 8.20. The molecule has 77 unspecified atom stereocenters. The molecule has 82 heavy (non-hydrogen) atoms. The Hall–Kier alpha value is 0. The first-order chi connectivity index (χ1) is 40.8. The average molecular weight is 1050 g/mol. The van der Waals surface area contributed by atoms with Crippen LogP contribution in [0, 0.1) is 450 Å². The minimum Gasteiger partial charge on any atom is -0.0467 e. The molecule has 0 aromatic rings. The fraction of sp³-hybridized carbons (Fsp3) is 1.00. The topological polar surface area (TPSA) is 0 Å². The van der Waals surface area contributed by atoms with Gasteiger partial charge in [-0.25, -0.2) is 0 Å². The Labute approximate surface area is 472 Å². The molecule has 52 saturated carbocycles. The molecule has 24 spiro atoms. The fourth-order valence-electron chi connectivity index (χ4n) is 78.3. The quantitative estimate of drug-likeness (QED) is 0.230. The van der Waals surface area contributed by atoms with Crippen LogP contribution in [0.25, 0.3) is 0 Å². The van der Waals surface area contributed by atoms with Gasteiger partial charge in [0, 0.05) is 0 Å². The highest BCUT2D eigenvalue weighted by Crippen LogP contribution is 3.49. The molecular formula is C82H62. The molecule has 0 N–H and O–H groups in total. The molecule has 52 rings (SSSR count). The maximum Gasteiger partial charge on any atom is -0.00591 e. The van der Waals surface area contributed by atoms with Crippen LogP contribution in [0.5, 0.6) is 0 Å². The van der Waals surface area contributed by atoms with E-state index < -0.39 is 0 Å². The van der Waals surface area contributed by atoms with Crippen molar-refractivity contribution >= 4 is 0 Å². The van der Waals surface area contributed by atoms with E-state index in [-0.39, 0.29) is 0 Å². The van der Waals surface area contributed by atoms with E-state index in [2.05, 4.69) is 0 Å². The highest BCUT2D eigenvalue weighted by molar-refractivity contribution is 5.92. The summed E-state index contributed by atoms with van der Waals surface area (Å²) < 4.78 is 0. The summed E-state index contributed by atoms with van der Waals surface area (Å²) in [7, 11) is 0. The second-order valence-corrected chi connectivity index (χ2v) is 51.2. The molecule has 0 saturated heterocycles. The van der Waals surface area contributed by atoms with Crippen LogP contribution < -0.4 is 0 Å². The average Bonchev–Trinajstić information content (AvgIpc) is 0.491. The number of hydrogen-bond donors (Lipinski definition) is 0. The second-order valence-electron chi connectivity index (χ2n) is 51.2. The van der Waals surface area contributed by atoms with E-state index in [1.165, 1.54) is 320 Å². The predicted molar refractivity (Wildman–Crippen MR) is 265 cm³/mol. The van der Waals surface area contributed by atoms with E-state index >= 15 is 0 Å². The van der Waals surface area contributed by atoms with Crippen molar-refractivity contribution < 1.29 is 0 Å². The Morgan fingerprint density at radius 3 is 1.30 bits per heavy atom. The van der Waals surface area contributed by atoms with Crippen molar-refractivity contribution in [1.29, 1.82) is 0 Å². The van der Waals surface area contributed by atoms with E-state index in [0.717, 1.165) is 130 Å². The SMILES string of the molecule is C1C2CC3C4C5C6C7C8C9C%10C%11C%12C%13C%14C%15C%16C%17C%18C%19C%20CC%21C%22C%23CC%24C%25C%26C%27C%28C%29C%30C%31C1C1C%32C2C32C%323C%32C%33C%34C%35C%36C%37%38C%39C%40C%41C%42C%43C%44C%45C%46(C%47C%48C%22C%21%20C%19%48C%18%47C%17%46C%16%45C%15%44C%14%43C%13%42C%12%41C%11%40C%10%39C9%37C8%36C7%35C6%34C5%33C4%322)C%27(C%26C%25[C@@H]%24%23)C%28C%29%38C%30C%3113. The summed E-state index contributed by atoms with van der Waals surface area (Å²) in [6, 6.07) is 0. The standard InChI is InChI=1S/C82H62/c1-5-2-11-23-29-31-35-40-46-41-37-34-32-33-36-39-45-30-22-10-4-9-13-6-3-7-12(6)15-14(7)16-24(15)61-25(16)18-26-17-20-8(1)21-28-19(5)63(11)73(28)54-50-44-51-58-78(40,72(35,51)68(31,44)69(29,50)74(23,54)63)82(46)77(41)57(80(58,82)62(26,53(18)61)52(17)60(20,21)73)49-43-38-42-48-56-76(39,70(36,48)66(33,42)65(32,38)67(34,43)71(37,49)77)81(45)75(30)55(79(56,61)81)47-27(13)59(9,10)64(22,47)75/h5-58H,1-4H2/t5?,6?,7?,8?,9?,10?,11?,12-,13?,14?,15?,16?,17?,18?,19?,20?,21?,22?,23?,24?,25?,26?,27?,28?,29?,30?,31?,32?,33?,34?,35?,36?,37?,38?,39?,40?,41?,42?,43?,44?,45?,46?,47?,48?,49?,50?,51?,52?,53?,54?,55?,56?,57?,58?,59?,60?,61?,62?,63?,64?,65?,66?,67?,68?,69?,70?,71?,72?,73?,74?,75?,76?,77?,78?,79?,80?,81?,82?/m1/s1. The van der Waals surface area contributed by atoms with Gasteiger partial charge in [-0.15, -0.1) is 0 Å². The monoisotopic (exact) mass is 1050 g/mol. The molecule has 0 bridgehead atoms. The molecule has 0 aliphatic heterocycles. The third kappa shape index (κ3) is 0.934. The number of fused-ring (bicyclic) bond motifs is 27. The fourth-order valence-corrected chi connectivity index (χ4v) is 78.3. The minimum atomic E-state index is 1.01. The molecular weight excluding hydrogens is 985 g/mol. The summed E-state index contributed by atoms with van der Waals surface area (Å²) in [4.78, 5) is 0. The maximum atomic E-state index is 1.89. The zero-order valence-corrected chi connectivity index (χ0v) is 46.0. The first-order valence-corrected chi connectivity index (χ1v) is 40.8. The molecule has 52 aliphatic carbocycles. The van der Waals surface area contributed by atoms with Gasteiger partial charge in [0.2, 0.25) is 0 Å². The highest BCUT2D eigenvalue weighted by atomic mass is 15.5. The molecule has 0 radical (unpaired) electrons. The van der Waals surface area contributed by atoms with E-state index in [9.17, 15) is 0 Å². The Morgan fingerprint density at radius 1 is 0.159 bits per heavy atom. The molecule has 0 amide bonds. The minimum absolute atomic E-state index is 1.01. The van der Waals surface area contributed by atoms with Gasteiger partial charge in [0.1, 0.15) is 0 Å². The van der Waals surface area contributed by atoms with Gasteiger partial charge in [-0.2, -0.15) is 0 Å². The van der Waals surface area contributed by atoms with Gasteiger partial charge in [-0.05, 0) is 475 Å². The summed E-state index contributed by atoms with van der Waals surface area (Å²) in [5.41, 5.74) is 25.4. The van der Waals surface area contributed by atoms with Gasteiger partial charge in [-0.1, -0.05) is 0 Å². The molecule has 0 nitrogen and oxygen atoms in total. The maximum absolute atomic E-state index is 1.89. The van der Waals surface area contributed by atoms with Crippen LogP contribution in [0.4, 0.5) is 0 Å². The lowest BCUT2D eigenvalue weighted by Gasteiger charge is -3.44. The van der Waals surface area contributed by atoms with Crippen molar-refractivity contribution in [1.82, 2.24) is 0 Å². The van der Waals surface area contributed by atoms with Gasteiger partial charge in [0.05, 0.1) is 0 Å². The Kier molecular flexibility index (Phi) is 2.00. The summed E-state index contributed by atoms with van der Waals surface area (Å²) in [5, 5.41) is 0. The lowest BCUT2D eigenvalue weighted by atomic mass is 8.59. The summed E-state index contributed by atoms with van der Waals surface area (Å²) in [6.07, 6.45) is 7.49. The van der Waals surface area contributed by atoms with Gasteiger partial charge in [-0.3, -0.25) is 0 Å². The van der Waals surface area contributed by atoms with Crippen LogP contribution in [0.2, 0.25) is 0 Å². The molecule has 0 heteroatoms. The Morgan fingerprint density at radius 2 is 0.622 bits per heavy atom. The first kappa shape index (κ1) is 30.4. The van der Waals surface area contributed by atoms with Gasteiger partial charge < -0.3 is 0 Å². The normalized spacial score (nSPS) is 128. The van der Waals surface area contributed by atoms with Crippen LogP contribution in [0.1, 0.15) is 25.7 Å². The summed E-state index contributed by atoms with van der Waals surface area (Å²) in [6.45, 7) is 0. The van der Waals surface area contributed by atoms with Crippen LogP contribution in [-0.2, 0) is 0 Å². The molecule has 0 aromatic carbocycles. The van der Waals surface area contributed by atoms with E-state index in [1.54, 1.807) is 0 Å². The van der Waals surface area contributed by atoms with Crippen molar-refractivity contribution in [2.45, 2.75) is 25.7 Å². The molecule has 78 atom stereocenters. The zero-order valence-electron chi connectivity index (χ0n) is 46.0. The van der Waals surface area contributed by atoms with Crippen LogP contribution in [0.3, 0.4) is 0 Å². The third-order valence-corrected chi connectivity index (χ3v) is 65.3. The first-order valence-electron chi connectivity index (χ1n) is 40.8. The van der Waals surface area contributed by atoms with Gasteiger partial charge in [0.15, 0.2) is 0 Å². The molecule has 52 aliphatic rings. The highest BCUT2D eigenvalue weighted by Gasteiger charge is 3.47. The van der Waals surface area contributed by atoms with E-state index in [4.69, 9.17) is 0 Å². The zero-order chi connectivity index (χ0) is 46.0. The molecule has 52 fully saturated rings.